The van der Waals surface area contributed by atoms with Crippen LogP contribution in [0.1, 0.15) is 18.7 Å². The molecule has 6 nitrogen and oxygen atoms in total. The molecule has 0 saturated carbocycles. The standard InChI is InChI=1S/C13H8N6/c1-2-3-4-13(8-14,9-15)12-18-7-10-11(19-12)17-6-5-16-10/h1,5-7H,3-4H2. The summed E-state index contributed by atoms with van der Waals surface area (Å²) in [7, 11) is 0. The molecule has 2 heterocycles. The van der Waals surface area contributed by atoms with Crippen LogP contribution >= 0.6 is 0 Å². The van der Waals surface area contributed by atoms with E-state index < -0.39 is 5.41 Å². The van der Waals surface area contributed by atoms with Gasteiger partial charge >= 0.3 is 0 Å². The first kappa shape index (κ1) is 12.4. The van der Waals surface area contributed by atoms with Crippen molar-refractivity contribution in [2.75, 3.05) is 0 Å². The van der Waals surface area contributed by atoms with E-state index in [9.17, 15) is 10.5 Å². The van der Waals surface area contributed by atoms with Crippen LogP contribution < -0.4 is 0 Å². The highest BCUT2D eigenvalue weighted by molar-refractivity contribution is 5.67. The third-order valence-electron chi connectivity index (χ3n) is 2.63. The molecule has 0 bridgehead atoms. The van der Waals surface area contributed by atoms with Gasteiger partial charge in [0.1, 0.15) is 5.52 Å². The summed E-state index contributed by atoms with van der Waals surface area (Å²) in [4.78, 5) is 16.3. The fourth-order valence-electron chi connectivity index (χ4n) is 1.58. The second-order valence-corrected chi connectivity index (χ2v) is 3.79. The Balaban J connectivity index is 2.55. The molecule has 0 aliphatic rings. The molecule has 0 spiro atoms. The Labute approximate surface area is 109 Å². The van der Waals surface area contributed by atoms with Gasteiger partial charge in [-0.15, -0.1) is 12.3 Å². The molecule has 2 aromatic heterocycles. The molecular formula is C13H8N6. The Kier molecular flexibility index (Phi) is 3.32. The molecular weight excluding hydrogens is 240 g/mol. The van der Waals surface area contributed by atoms with E-state index in [1.54, 1.807) is 0 Å². The minimum atomic E-state index is -1.45. The zero-order chi connectivity index (χ0) is 13.7. The molecule has 19 heavy (non-hydrogen) atoms. The van der Waals surface area contributed by atoms with E-state index in [-0.39, 0.29) is 12.2 Å². The predicted molar refractivity (Wildman–Crippen MR) is 66.1 cm³/mol. The quantitative estimate of drug-likeness (QED) is 0.754. The van der Waals surface area contributed by atoms with E-state index in [0.717, 1.165) is 0 Å². The van der Waals surface area contributed by atoms with Crippen LogP contribution in [0.2, 0.25) is 0 Å². The minimum absolute atomic E-state index is 0.112. The summed E-state index contributed by atoms with van der Waals surface area (Å²) in [6.45, 7) is 0. The molecule has 0 aliphatic carbocycles. The molecule has 6 heteroatoms. The van der Waals surface area contributed by atoms with Gasteiger partial charge in [-0.3, -0.25) is 0 Å². The normalized spacial score (nSPS) is 10.4. The molecule has 2 aromatic rings. The number of rotatable bonds is 3. The van der Waals surface area contributed by atoms with Gasteiger partial charge in [0.05, 0.1) is 18.3 Å². The third kappa shape index (κ3) is 2.18. The fraction of sp³-hybridized carbons (Fsp3) is 0.231. The van der Waals surface area contributed by atoms with E-state index >= 15 is 0 Å². The molecule has 0 atom stereocenters. The summed E-state index contributed by atoms with van der Waals surface area (Å²) in [5.74, 6) is 2.52. The van der Waals surface area contributed by atoms with Crippen LogP contribution in [-0.4, -0.2) is 19.9 Å². The zero-order valence-corrected chi connectivity index (χ0v) is 9.91. The van der Waals surface area contributed by atoms with Gasteiger partial charge in [-0.05, 0) is 6.42 Å². The first-order chi connectivity index (χ1) is 9.25. The Morgan fingerprint density at radius 2 is 1.89 bits per heavy atom. The Morgan fingerprint density at radius 3 is 2.58 bits per heavy atom. The maximum Gasteiger partial charge on any atom is 0.203 e. The predicted octanol–water partition coefficient (Wildman–Crippen LogP) is 1.12. The highest BCUT2D eigenvalue weighted by Gasteiger charge is 2.35. The van der Waals surface area contributed by atoms with Crippen molar-refractivity contribution in [1.29, 1.82) is 10.5 Å². The second kappa shape index (κ2) is 5.08. The van der Waals surface area contributed by atoms with Gasteiger partial charge in [-0.2, -0.15) is 10.5 Å². The Hall–Kier alpha value is -3.04. The smallest absolute Gasteiger partial charge is 0.203 e. The van der Waals surface area contributed by atoms with E-state index in [4.69, 9.17) is 6.42 Å². The number of nitriles is 2. The van der Waals surface area contributed by atoms with Crippen LogP contribution in [0.25, 0.3) is 11.2 Å². The molecule has 0 unspecified atom stereocenters. The lowest BCUT2D eigenvalue weighted by atomic mass is 9.85. The summed E-state index contributed by atoms with van der Waals surface area (Å²) in [5.41, 5.74) is -0.589. The number of fused-ring (bicyclic) bond motifs is 1. The Morgan fingerprint density at radius 1 is 1.16 bits per heavy atom. The second-order valence-electron chi connectivity index (χ2n) is 3.79. The van der Waals surface area contributed by atoms with Crippen molar-refractivity contribution in [2.24, 2.45) is 0 Å². The number of aromatic nitrogens is 4. The maximum absolute atomic E-state index is 9.27. The van der Waals surface area contributed by atoms with Gasteiger partial charge in [0, 0.05) is 18.8 Å². The van der Waals surface area contributed by atoms with Crippen molar-refractivity contribution in [2.45, 2.75) is 18.3 Å². The fourth-order valence-corrected chi connectivity index (χ4v) is 1.58. The lowest BCUT2D eigenvalue weighted by molar-refractivity contribution is 0.601. The van der Waals surface area contributed by atoms with E-state index in [0.29, 0.717) is 17.6 Å². The summed E-state index contributed by atoms with van der Waals surface area (Å²) >= 11 is 0. The number of hydrogen-bond donors (Lipinski definition) is 0. The van der Waals surface area contributed by atoms with E-state index in [1.165, 1.54) is 18.6 Å². The average molecular weight is 248 g/mol. The van der Waals surface area contributed by atoms with Crippen molar-refractivity contribution in [3.8, 4) is 24.5 Å². The average Bonchev–Trinajstić information content (AvgIpc) is 2.49. The van der Waals surface area contributed by atoms with Crippen LogP contribution in [0.3, 0.4) is 0 Å². The van der Waals surface area contributed by atoms with Crippen LogP contribution in [0, 0.1) is 35.0 Å². The zero-order valence-electron chi connectivity index (χ0n) is 9.91. The van der Waals surface area contributed by atoms with Gasteiger partial charge in [0.15, 0.2) is 11.5 Å². The van der Waals surface area contributed by atoms with Crippen molar-refractivity contribution in [3.05, 3.63) is 24.4 Å². The number of terminal acetylenes is 1. The Bertz CT molecular complexity index is 717. The van der Waals surface area contributed by atoms with Crippen LogP contribution in [-0.2, 0) is 5.41 Å². The monoisotopic (exact) mass is 248 g/mol. The van der Waals surface area contributed by atoms with Gasteiger partial charge in [0.25, 0.3) is 0 Å². The topological polar surface area (TPSA) is 99.1 Å². The highest BCUT2D eigenvalue weighted by atomic mass is 15.0. The lowest BCUT2D eigenvalue weighted by Gasteiger charge is -2.15. The van der Waals surface area contributed by atoms with E-state index in [2.05, 4.69) is 25.9 Å². The van der Waals surface area contributed by atoms with Crippen molar-refractivity contribution in [3.63, 3.8) is 0 Å². The van der Waals surface area contributed by atoms with Gasteiger partial charge in [-0.1, -0.05) is 0 Å². The van der Waals surface area contributed by atoms with Crippen LogP contribution in [0.15, 0.2) is 18.6 Å². The number of hydrogen-bond acceptors (Lipinski definition) is 6. The minimum Gasteiger partial charge on any atom is -0.250 e. The molecule has 0 aliphatic heterocycles. The molecule has 0 amide bonds. The molecule has 0 aromatic carbocycles. The molecule has 0 fully saturated rings. The maximum atomic E-state index is 9.27. The summed E-state index contributed by atoms with van der Waals surface area (Å²) in [5, 5.41) is 18.5. The molecule has 0 saturated heterocycles. The first-order valence-corrected chi connectivity index (χ1v) is 5.46. The highest BCUT2D eigenvalue weighted by Crippen LogP contribution is 2.25. The summed E-state index contributed by atoms with van der Waals surface area (Å²) in [6, 6.07) is 3.90. The molecule has 0 N–H and O–H groups in total. The summed E-state index contributed by atoms with van der Waals surface area (Å²) in [6.07, 6.45) is 10.1. The van der Waals surface area contributed by atoms with Crippen LogP contribution in [0.4, 0.5) is 0 Å². The summed E-state index contributed by atoms with van der Waals surface area (Å²) < 4.78 is 0. The van der Waals surface area contributed by atoms with Crippen molar-refractivity contribution < 1.29 is 0 Å². The van der Waals surface area contributed by atoms with Gasteiger partial charge in [0.2, 0.25) is 5.41 Å². The third-order valence-corrected chi connectivity index (χ3v) is 2.63. The largest absolute Gasteiger partial charge is 0.250 e. The molecule has 2 rings (SSSR count). The first-order valence-electron chi connectivity index (χ1n) is 5.46. The number of nitrogens with zero attached hydrogens (tertiary/aromatic N) is 6. The van der Waals surface area contributed by atoms with Gasteiger partial charge in [-0.25, -0.2) is 19.9 Å². The molecule has 0 radical (unpaired) electrons. The van der Waals surface area contributed by atoms with Gasteiger partial charge < -0.3 is 0 Å². The SMILES string of the molecule is C#CCCC(C#N)(C#N)c1ncc2nccnc2n1. The van der Waals surface area contributed by atoms with Crippen molar-refractivity contribution in [1.82, 2.24) is 19.9 Å². The lowest BCUT2D eigenvalue weighted by Crippen LogP contribution is -2.25. The molecule has 90 valence electrons. The van der Waals surface area contributed by atoms with Crippen molar-refractivity contribution >= 4 is 11.2 Å². The van der Waals surface area contributed by atoms with Crippen LogP contribution in [0.5, 0.6) is 0 Å². The van der Waals surface area contributed by atoms with E-state index in [1.807, 2.05) is 12.1 Å².